The number of aliphatic hydroxyl groups is 1. The molecule has 0 aliphatic carbocycles. The fourth-order valence-electron chi connectivity index (χ4n) is 3.57. The van der Waals surface area contributed by atoms with Crippen LogP contribution in [0.15, 0.2) is 24.4 Å². The first-order valence-corrected chi connectivity index (χ1v) is 8.67. The maximum atomic E-state index is 9.06. The molecule has 0 fully saturated rings. The molecule has 0 saturated heterocycles. The van der Waals surface area contributed by atoms with Gasteiger partial charge >= 0.3 is 0 Å². The first-order valence-electron chi connectivity index (χ1n) is 8.30. The summed E-state index contributed by atoms with van der Waals surface area (Å²) in [6.45, 7) is 5.51. The van der Waals surface area contributed by atoms with Crippen LogP contribution in [-0.2, 0) is 26.1 Å². The minimum Gasteiger partial charge on any atom is -0.394 e. The van der Waals surface area contributed by atoms with Crippen LogP contribution in [0.5, 0.6) is 0 Å². The molecule has 0 spiro atoms. The number of aliphatic hydroxyl groups excluding tert-OH is 1. The van der Waals surface area contributed by atoms with Crippen LogP contribution in [0.4, 0.5) is 0 Å². The molecule has 0 bridgehead atoms. The van der Waals surface area contributed by atoms with E-state index in [1.165, 1.54) is 22.2 Å². The van der Waals surface area contributed by atoms with Crippen LogP contribution < -0.4 is 0 Å². The van der Waals surface area contributed by atoms with Crippen molar-refractivity contribution >= 4 is 22.5 Å². The number of nitrogens with one attached hydrogen (secondary N) is 1. The Morgan fingerprint density at radius 3 is 3.08 bits per heavy atom. The first-order chi connectivity index (χ1) is 11.7. The van der Waals surface area contributed by atoms with E-state index in [1.54, 1.807) is 0 Å². The van der Waals surface area contributed by atoms with E-state index >= 15 is 0 Å². The summed E-state index contributed by atoms with van der Waals surface area (Å²) < 4.78 is 1.82. The summed E-state index contributed by atoms with van der Waals surface area (Å²) in [6.07, 6.45) is 3.05. The highest BCUT2D eigenvalue weighted by molar-refractivity contribution is 6.35. The lowest BCUT2D eigenvalue weighted by Gasteiger charge is -2.26. The minimum absolute atomic E-state index is 0.115. The van der Waals surface area contributed by atoms with Crippen LogP contribution in [0.1, 0.15) is 22.5 Å². The largest absolute Gasteiger partial charge is 0.394 e. The number of hydrogen-bond donors (Lipinski definition) is 2. The number of benzene rings is 1. The summed E-state index contributed by atoms with van der Waals surface area (Å²) >= 11 is 6.32. The Bertz CT molecular complexity index is 883. The topological polar surface area (TPSA) is 57.1 Å². The SMILES string of the molecule is Cc1nn(CCO)cc1CN1CCc2[nH]c3c(Cl)cccc3c2C1. The lowest BCUT2D eigenvalue weighted by Crippen LogP contribution is -2.29. The van der Waals surface area contributed by atoms with E-state index in [-0.39, 0.29) is 6.61 Å². The number of aromatic nitrogens is 3. The van der Waals surface area contributed by atoms with E-state index in [0.29, 0.717) is 6.54 Å². The van der Waals surface area contributed by atoms with E-state index in [0.717, 1.165) is 42.3 Å². The number of nitrogens with zero attached hydrogens (tertiary/aromatic N) is 3. The zero-order chi connectivity index (χ0) is 16.7. The maximum absolute atomic E-state index is 9.06. The van der Waals surface area contributed by atoms with Crippen molar-refractivity contribution in [2.75, 3.05) is 13.2 Å². The second kappa shape index (κ2) is 6.24. The number of aryl methyl sites for hydroxylation is 1. The molecule has 0 amide bonds. The third-order valence-corrected chi connectivity index (χ3v) is 5.12. The monoisotopic (exact) mass is 344 g/mol. The smallest absolute Gasteiger partial charge is 0.0648 e. The van der Waals surface area contributed by atoms with Crippen LogP contribution in [0.25, 0.3) is 10.9 Å². The summed E-state index contributed by atoms with van der Waals surface area (Å²) in [5.74, 6) is 0. The van der Waals surface area contributed by atoms with Crippen molar-refractivity contribution in [3.63, 3.8) is 0 Å². The van der Waals surface area contributed by atoms with Crippen molar-refractivity contribution in [2.24, 2.45) is 0 Å². The van der Waals surface area contributed by atoms with Gasteiger partial charge in [-0.15, -0.1) is 0 Å². The lowest BCUT2D eigenvalue weighted by atomic mass is 10.0. The molecular weight excluding hydrogens is 324 g/mol. The molecule has 1 aliphatic heterocycles. The quantitative estimate of drug-likeness (QED) is 0.765. The second-order valence-electron chi connectivity index (χ2n) is 6.43. The predicted molar refractivity (Wildman–Crippen MR) is 95.2 cm³/mol. The van der Waals surface area contributed by atoms with Crippen LogP contribution in [0, 0.1) is 6.92 Å². The summed E-state index contributed by atoms with van der Waals surface area (Å²) in [5.41, 5.74) is 5.99. The van der Waals surface area contributed by atoms with Gasteiger partial charge in [0.05, 0.1) is 29.4 Å². The maximum Gasteiger partial charge on any atom is 0.0648 e. The van der Waals surface area contributed by atoms with Gasteiger partial charge in [-0.3, -0.25) is 9.58 Å². The van der Waals surface area contributed by atoms with Gasteiger partial charge in [-0.25, -0.2) is 0 Å². The van der Waals surface area contributed by atoms with E-state index in [9.17, 15) is 0 Å². The summed E-state index contributed by atoms with van der Waals surface area (Å²) in [4.78, 5) is 5.95. The third kappa shape index (κ3) is 2.73. The van der Waals surface area contributed by atoms with Crippen molar-refractivity contribution in [1.29, 1.82) is 0 Å². The number of H-pyrrole nitrogens is 1. The van der Waals surface area contributed by atoms with Gasteiger partial charge in [0.2, 0.25) is 0 Å². The summed E-state index contributed by atoms with van der Waals surface area (Å²) in [7, 11) is 0. The van der Waals surface area contributed by atoms with Crippen LogP contribution in [-0.4, -0.2) is 37.9 Å². The van der Waals surface area contributed by atoms with Gasteiger partial charge in [-0.2, -0.15) is 5.10 Å². The Labute approximate surface area is 145 Å². The molecule has 1 aromatic carbocycles. The van der Waals surface area contributed by atoms with Crippen molar-refractivity contribution in [1.82, 2.24) is 19.7 Å². The molecule has 0 unspecified atom stereocenters. The molecule has 0 atom stereocenters. The van der Waals surface area contributed by atoms with E-state index in [4.69, 9.17) is 16.7 Å². The molecular formula is C18H21ClN4O. The molecule has 6 heteroatoms. The van der Waals surface area contributed by atoms with Gasteiger partial charge in [0.25, 0.3) is 0 Å². The Balaban J connectivity index is 1.58. The standard InChI is InChI=1S/C18H21ClN4O/c1-12-13(10-23(21-12)7-8-24)9-22-6-5-17-15(11-22)14-3-2-4-16(19)18(14)20-17/h2-4,10,20,24H,5-9,11H2,1H3. The van der Waals surface area contributed by atoms with Gasteiger partial charge in [0.15, 0.2) is 0 Å². The highest BCUT2D eigenvalue weighted by Gasteiger charge is 2.22. The molecule has 3 heterocycles. The first kappa shape index (κ1) is 15.7. The zero-order valence-electron chi connectivity index (χ0n) is 13.7. The van der Waals surface area contributed by atoms with Crippen LogP contribution >= 0.6 is 11.6 Å². The average Bonchev–Trinajstić information content (AvgIpc) is 3.10. The number of halogens is 1. The van der Waals surface area contributed by atoms with Crippen LogP contribution in [0.3, 0.4) is 0 Å². The predicted octanol–water partition coefficient (Wildman–Crippen LogP) is 2.88. The highest BCUT2D eigenvalue weighted by atomic mass is 35.5. The van der Waals surface area contributed by atoms with Gasteiger partial charge < -0.3 is 10.1 Å². The van der Waals surface area contributed by atoms with Gasteiger partial charge in [-0.1, -0.05) is 23.7 Å². The molecule has 4 rings (SSSR count). The second-order valence-corrected chi connectivity index (χ2v) is 6.84. The van der Waals surface area contributed by atoms with Crippen molar-refractivity contribution in [2.45, 2.75) is 33.0 Å². The van der Waals surface area contributed by atoms with E-state index in [2.05, 4.69) is 21.0 Å². The Kier molecular flexibility index (Phi) is 4.08. The highest BCUT2D eigenvalue weighted by Crippen LogP contribution is 2.32. The number of para-hydroxylation sites is 1. The molecule has 2 aromatic heterocycles. The number of fused-ring (bicyclic) bond motifs is 3. The lowest BCUT2D eigenvalue weighted by molar-refractivity contribution is 0.245. The zero-order valence-corrected chi connectivity index (χ0v) is 14.5. The normalized spacial score (nSPS) is 15.1. The molecule has 5 nitrogen and oxygen atoms in total. The molecule has 1 aliphatic rings. The Morgan fingerprint density at radius 1 is 1.38 bits per heavy atom. The molecule has 0 radical (unpaired) electrons. The molecule has 24 heavy (non-hydrogen) atoms. The fourth-order valence-corrected chi connectivity index (χ4v) is 3.79. The average molecular weight is 345 g/mol. The van der Waals surface area contributed by atoms with Crippen LogP contribution in [0.2, 0.25) is 5.02 Å². The Hall–Kier alpha value is -1.82. The van der Waals surface area contributed by atoms with Crippen molar-refractivity contribution in [3.8, 4) is 0 Å². The summed E-state index contributed by atoms with van der Waals surface area (Å²) in [5, 5.41) is 15.6. The minimum atomic E-state index is 0.115. The van der Waals surface area contributed by atoms with Gasteiger partial charge in [-0.05, 0) is 18.6 Å². The van der Waals surface area contributed by atoms with E-state index in [1.807, 2.05) is 29.9 Å². The van der Waals surface area contributed by atoms with E-state index < -0.39 is 0 Å². The third-order valence-electron chi connectivity index (χ3n) is 4.81. The Morgan fingerprint density at radius 2 is 2.25 bits per heavy atom. The number of hydrogen-bond acceptors (Lipinski definition) is 3. The number of aromatic amines is 1. The molecule has 3 aromatic rings. The molecule has 2 N–H and O–H groups in total. The van der Waals surface area contributed by atoms with Crippen molar-refractivity contribution in [3.05, 3.63) is 51.9 Å². The molecule has 0 saturated carbocycles. The van der Waals surface area contributed by atoms with Gasteiger partial charge in [0, 0.05) is 48.9 Å². The van der Waals surface area contributed by atoms with Crippen molar-refractivity contribution < 1.29 is 5.11 Å². The fraction of sp³-hybridized carbons (Fsp3) is 0.389. The molecule has 126 valence electrons. The summed E-state index contributed by atoms with van der Waals surface area (Å²) in [6, 6.07) is 6.09. The number of rotatable bonds is 4. The van der Waals surface area contributed by atoms with Gasteiger partial charge in [0.1, 0.15) is 0 Å².